The zero-order valence-electron chi connectivity index (χ0n) is 17.8. The summed E-state index contributed by atoms with van der Waals surface area (Å²) in [5.74, 6) is -1.18. The second-order valence-electron chi connectivity index (χ2n) is 8.06. The van der Waals surface area contributed by atoms with Gasteiger partial charge < -0.3 is 10.2 Å². The number of piperidine rings is 1. The van der Waals surface area contributed by atoms with Gasteiger partial charge in [-0.1, -0.05) is 29.3 Å². The highest BCUT2D eigenvalue weighted by molar-refractivity contribution is 6.53. The molecule has 6 nitrogen and oxygen atoms in total. The van der Waals surface area contributed by atoms with Crippen molar-refractivity contribution in [1.82, 2.24) is 4.90 Å². The van der Waals surface area contributed by atoms with Crippen LogP contribution >= 0.6 is 23.2 Å². The van der Waals surface area contributed by atoms with Crippen LogP contribution in [0.3, 0.4) is 0 Å². The fourth-order valence-corrected chi connectivity index (χ4v) is 4.46. The standard InChI is InChI=1S/C24H23Cl2N3O3/c1-14-6-3-4-13-28(14)22(30)16-9-11-17(12-10-16)27-21-20(26)23(31)29(24(21)32)19-8-5-7-18(25)15(19)2/h5,7-12,14,27H,3-4,6,13H2,1-2H3. The molecule has 1 saturated heterocycles. The van der Waals surface area contributed by atoms with Crippen molar-refractivity contribution < 1.29 is 14.4 Å². The van der Waals surface area contributed by atoms with Crippen LogP contribution in [-0.4, -0.2) is 35.2 Å². The monoisotopic (exact) mass is 471 g/mol. The predicted molar refractivity (Wildman–Crippen MR) is 126 cm³/mol. The lowest BCUT2D eigenvalue weighted by Gasteiger charge is -2.33. The highest BCUT2D eigenvalue weighted by Gasteiger charge is 2.39. The third-order valence-corrected chi connectivity index (χ3v) is 6.73. The molecule has 1 unspecified atom stereocenters. The van der Waals surface area contributed by atoms with E-state index in [1.165, 1.54) is 0 Å². The Bertz CT molecular complexity index is 1130. The molecule has 8 heteroatoms. The smallest absolute Gasteiger partial charge is 0.283 e. The molecule has 1 atom stereocenters. The first kappa shape index (κ1) is 22.4. The molecule has 2 aromatic rings. The van der Waals surface area contributed by atoms with E-state index in [9.17, 15) is 14.4 Å². The van der Waals surface area contributed by atoms with Crippen molar-refractivity contribution in [2.45, 2.75) is 39.2 Å². The Morgan fingerprint density at radius 3 is 2.44 bits per heavy atom. The van der Waals surface area contributed by atoms with E-state index in [1.54, 1.807) is 49.4 Å². The minimum Gasteiger partial charge on any atom is -0.350 e. The summed E-state index contributed by atoms with van der Waals surface area (Å²) in [4.78, 5) is 41.5. The molecule has 0 aromatic heterocycles. The van der Waals surface area contributed by atoms with Crippen LogP contribution in [0.4, 0.5) is 11.4 Å². The molecule has 0 radical (unpaired) electrons. The molecule has 32 heavy (non-hydrogen) atoms. The van der Waals surface area contributed by atoms with Gasteiger partial charge in [0.15, 0.2) is 0 Å². The summed E-state index contributed by atoms with van der Waals surface area (Å²) in [7, 11) is 0. The van der Waals surface area contributed by atoms with Gasteiger partial charge in [0, 0.05) is 28.9 Å². The zero-order chi connectivity index (χ0) is 23.0. The molecular formula is C24H23Cl2N3O3. The summed E-state index contributed by atoms with van der Waals surface area (Å²) in [6, 6.07) is 12.0. The molecule has 1 N–H and O–H groups in total. The molecule has 3 amide bonds. The van der Waals surface area contributed by atoms with Gasteiger partial charge in [0.1, 0.15) is 10.7 Å². The molecule has 0 spiro atoms. The average Bonchev–Trinajstić information content (AvgIpc) is 2.99. The van der Waals surface area contributed by atoms with Gasteiger partial charge in [0.25, 0.3) is 17.7 Å². The first-order valence-electron chi connectivity index (χ1n) is 10.5. The number of carbonyl (C=O) groups is 3. The van der Waals surface area contributed by atoms with Crippen LogP contribution in [0.25, 0.3) is 0 Å². The first-order chi connectivity index (χ1) is 15.3. The van der Waals surface area contributed by atoms with Gasteiger partial charge in [-0.2, -0.15) is 0 Å². The molecule has 2 aromatic carbocycles. The number of nitrogens with zero attached hydrogens (tertiary/aromatic N) is 2. The topological polar surface area (TPSA) is 69.7 Å². The lowest BCUT2D eigenvalue weighted by atomic mass is 10.0. The van der Waals surface area contributed by atoms with Gasteiger partial charge in [0.05, 0.1) is 5.69 Å². The van der Waals surface area contributed by atoms with Gasteiger partial charge in [-0.25, -0.2) is 4.90 Å². The maximum absolute atomic E-state index is 13.0. The van der Waals surface area contributed by atoms with Gasteiger partial charge in [-0.15, -0.1) is 0 Å². The van der Waals surface area contributed by atoms with Crippen molar-refractivity contribution in [2.24, 2.45) is 0 Å². The lowest BCUT2D eigenvalue weighted by Crippen LogP contribution is -2.42. The van der Waals surface area contributed by atoms with Crippen molar-refractivity contribution in [1.29, 1.82) is 0 Å². The van der Waals surface area contributed by atoms with E-state index < -0.39 is 11.8 Å². The van der Waals surface area contributed by atoms with Crippen LogP contribution in [0.1, 0.15) is 42.1 Å². The minimum absolute atomic E-state index is 0.00396. The number of anilines is 2. The second kappa shape index (κ2) is 8.96. The Labute approximate surface area is 196 Å². The Kier molecular flexibility index (Phi) is 6.26. The van der Waals surface area contributed by atoms with E-state index in [0.29, 0.717) is 27.5 Å². The van der Waals surface area contributed by atoms with E-state index in [0.717, 1.165) is 30.7 Å². The molecule has 0 bridgehead atoms. The molecule has 4 rings (SSSR count). The number of hydrogen-bond donors (Lipinski definition) is 1. The van der Waals surface area contributed by atoms with Gasteiger partial charge >= 0.3 is 0 Å². The van der Waals surface area contributed by atoms with E-state index in [-0.39, 0.29) is 22.7 Å². The highest BCUT2D eigenvalue weighted by atomic mass is 35.5. The molecule has 2 aliphatic heterocycles. The maximum Gasteiger partial charge on any atom is 0.283 e. The van der Waals surface area contributed by atoms with Crippen LogP contribution in [0.15, 0.2) is 53.2 Å². The van der Waals surface area contributed by atoms with Crippen LogP contribution < -0.4 is 10.2 Å². The number of amides is 3. The van der Waals surface area contributed by atoms with Gasteiger partial charge in [-0.05, 0) is 75.1 Å². The Morgan fingerprint density at radius 2 is 1.75 bits per heavy atom. The molecule has 0 aliphatic carbocycles. The van der Waals surface area contributed by atoms with E-state index in [4.69, 9.17) is 23.2 Å². The summed E-state index contributed by atoms with van der Waals surface area (Å²) in [5.41, 5.74) is 2.11. The average molecular weight is 472 g/mol. The quantitative estimate of drug-likeness (QED) is 0.629. The number of benzene rings is 2. The summed E-state index contributed by atoms with van der Waals surface area (Å²) in [6.07, 6.45) is 3.17. The number of hydrogen-bond acceptors (Lipinski definition) is 4. The van der Waals surface area contributed by atoms with Crippen molar-refractivity contribution in [3.05, 3.63) is 69.3 Å². The van der Waals surface area contributed by atoms with Crippen LogP contribution in [-0.2, 0) is 9.59 Å². The summed E-state index contributed by atoms with van der Waals surface area (Å²) in [5, 5.41) is 3.19. The first-order valence-corrected chi connectivity index (χ1v) is 11.3. The molecule has 166 valence electrons. The number of carbonyl (C=O) groups excluding carboxylic acids is 3. The molecule has 2 heterocycles. The van der Waals surface area contributed by atoms with E-state index >= 15 is 0 Å². The SMILES string of the molecule is Cc1c(Cl)cccc1N1C(=O)C(Cl)=C(Nc2ccc(C(=O)N3CCCCC3C)cc2)C1=O. The lowest BCUT2D eigenvalue weighted by molar-refractivity contribution is -0.120. The van der Waals surface area contributed by atoms with Gasteiger partial charge in [0.2, 0.25) is 0 Å². The largest absolute Gasteiger partial charge is 0.350 e. The number of rotatable bonds is 4. The fourth-order valence-electron chi connectivity index (χ4n) is 4.07. The number of likely N-dealkylation sites (tertiary alicyclic amines) is 1. The Hall–Kier alpha value is -2.83. The number of halogens is 2. The molecule has 0 saturated carbocycles. The van der Waals surface area contributed by atoms with Gasteiger partial charge in [-0.3, -0.25) is 14.4 Å². The van der Waals surface area contributed by atoms with Crippen molar-refractivity contribution in [3.63, 3.8) is 0 Å². The minimum atomic E-state index is -0.615. The Balaban J connectivity index is 1.52. The number of imide groups is 1. The zero-order valence-corrected chi connectivity index (χ0v) is 19.3. The molecule has 1 fully saturated rings. The van der Waals surface area contributed by atoms with E-state index in [2.05, 4.69) is 12.2 Å². The van der Waals surface area contributed by atoms with Crippen LogP contribution in [0.5, 0.6) is 0 Å². The predicted octanol–water partition coefficient (Wildman–Crippen LogP) is 5.10. The third kappa shape index (κ3) is 4.00. The fraction of sp³-hybridized carbons (Fsp3) is 0.292. The normalized spacial score (nSPS) is 19.1. The third-order valence-electron chi connectivity index (χ3n) is 5.97. The van der Waals surface area contributed by atoms with Crippen molar-refractivity contribution in [2.75, 3.05) is 16.8 Å². The van der Waals surface area contributed by atoms with Crippen LogP contribution in [0.2, 0.25) is 5.02 Å². The van der Waals surface area contributed by atoms with Crippen LogP contribution in [0, 0.1) is 6.92 Å². The summed E-state index contributed by atoms with van der Waals surface area (Å²) in [6.45, 7) is 4.56. The highest BCUT2D eigenvalue weighted by Crippen LogP contribution is 2.34. The summed E-state index contributed by atoms with van der Waals surface area (Å²) < 4.78 is 0. The Morgan fingerprint density at radius 1 is 1.03 bits per heavy atom. The van der Waals surface area contributed by atoms with Crippen molar-refractivity contribution >= 4 is 52.3 Å². The van der Waals surface area contributed by atoms with Crippen molar-refractivity contribution in [3.8, 4) is 0 Å². The summed E-state index contributed by atoms with van der Waals surface area (Å²) >= 11 is 12.4. The molecular weight excluding hydrogens is 449 g/mol. The second-order valence-corrected chi connectivity index (χ2v) is 8.85. The molecule has 2 aliphatic rings. The maximum atomic E-state index is 13.0. The van der Waals surface area contributed by atoms with E-state index in [1.807, 2.05) is 4.90 Å². The number of nitrogens with one attached hydrogen (secondary N) is 1.